The molecule has 3 aliphatic rings. The lowest BCUT2D eigenvalue weighted by Gasteiger charge is -2.26. The van der Waals surface area contributed by atoms with Gasteiger partial charge in [-0.15, -0.1) is 0 Å². The number of carbonyl (C=O) groups excluding carboxylic acids is 1. The second kappa shape index (κ2) is 2.49. The summed E-state index contributed by atoms with van der Waals surface area (Å²) in [7, 11) is 0. The summed E-state index contributed by atoms with van der Waals surface area (Å²) in [5, 5.41) is 0. The van der Waals surface area contributed by atoms with Crippen molar-refractivity contribution in [2.75, 3.05) is 0 Å². The number of fused-ring (bicyclic) bond motifs is 5. The molecular weight excluding hydrogens is 184 g/mol. The van der Waals surface area contributed by atoms with Crippen LogP contribution in [0.3, 0.4) is 0 Å². The van der Waals surface area contributed by atoms with E-state index in [9.17, 15) is 4.79 Å². The summed E-state index contributed by atoms with van der Waals surface area (Å²) in [6, 6.07) is 0. The minimum absolute atomic E-state index is 0.0403. The predicted molar refractivity (Wildman–Crippen MR) is 46.4 cm³/mol. The van der Waals surface area contributed by atoms with Gasteiger partial charge in [-0.3, -0.25) is 4.79 Å². The second-order valence-electron chi connectivity index (χ2n) is 4.79. The van der Waals surface area contributed by atoms with E-state index in [-0.39, 0.29) is 24.3 Å². The summed E-state index contributed by atoms with van der Waals surface area (Å²) >= 11 is 0. The van der Waals surface area contributed by atoms with Gasteiger partial charge < -0.3 is 14.2 Å². The molecule has 2 aliphatic heterocycles. The van der Waals surface area contributed by atoms with Gasteiger partial charge in [-0.2, -0.15) is 0 Å². The molecule has 3 rings (SSSR count). The first-order valence-corrected chi connectivity index (χ1v) is 5.10. The van der Waals surface area contributed by atoms with E-state index in [0.29, 0.717) is 12.3 Å². The third-order valence-corrected chi connectivity index (χ3v) is 3.24. The van der Waals surface area contributed by atoms with Crippen LogP contribution in [-0.2, 0) is 19.0 Å². The van der Waals surface area contributed by atoms with Crippen molar-refractivity contribution < 1.29 is 19.0 Å². The van der Waals surface area contributed by atoms with Crippen LogP contribution in [0.25, 0.3) is 0 Å². The van der Waals surface area contributed by atoms with Gasteiger partial charge in [-0.25, -0.2) is 0 Å². The molecule has 14 heavy (non-hydrogen) atoms. The van der Waals surface area contributed by atoms with E-state index in [1.165, 1.54) is 0 Å². The highest BCUT2D eigenvalue weighted by Crippen LogP contribution is 2.46. The molecule has 2 heterocycles. The van der Waals surface area contributed by atoms with E-state index >= 15 is 0 Å². The Hall–Kier alpha value is -0.610. The SMILES string of the molecule is CC1(C)O[C@H]2[C@@H]3CC(=O)O[C@@H](C3)[C@H]2O1. The molecule has 0 aromatic rings. The molecule has 4 nitrogen and oxygen atoms in total. The smallest absolute Gasteiger partial charge is 0.306 e. The number of ether oxygens (including phenoxy) is 3. The summed E-state index contributed by atoms with van der Waals surface area (Å²) < 4.78 is 16.8. The average Bonchev–Trinajstić information content (AvgIpc) is 2.49. The van der Waals surface area contributed by atoms with Gasteiger partial charge in [-0.05, 0) is 20.3 Å². The maximum Gasteiger partial charge on any atom is 0.306 e. The van der Waals surface area contributed by atoms with Crippen LogP contribution in [0.2, 0.25) is 0 Å². The first kappa shape index (κ1) is 8.68. The van der Waals surface area contributed by atoms with Gasteiger partial charge in [0.25, 0.3) is 0 Å². The van der Waals surface area contributed by atoms with Crippen LogP contribution in [0.1, 0.15) is 26.7 Å². The summed E-state index contributed by atoms with van der Waals surface area (Å²) in [4.78, 5) is 11.2. The molecule has 0 amide bonds. The fourth-order valence-electron chi connectivity index (χ4n) is 2.78. The minimum atomic E-state index is -0.518. The molecule has 0 N–H and O–H groups in total. The quantitative estimate of drug-likeness (QED) is 0.541. The van der Waals surface area contributed by atoms with Gasteiger partial charge in [-0.1, -0.05) is 0 Å². The fourth-order valence-corrected chi connectivity index (χ4v) is 2.78. The lowest BCUT2D eigenvalue weighted by molar-refractivity contribution is -0.187. The van der Waals surface area contributed by atoms with Crippen LogP contribution in [-0.4, -0.2) is 30.1 Å². The third kappa shape index (κ3) is 1.10. The Morgan fingerprint density at radius 2 is 2.00 bits per heavy atom. The Balaban J connectivity index is 1.87. The third-order valence-electron chi connectivity index (χ3n) is 3.24. The van der Waals surface area contributed by atoms with Gasteiger partial charge in [0.05, 0.1) is 12.5 Å². The minimum Gasteiger partial charge on any atom is -0.459 e. The number of carbonyl (C=O) groups is 1. The molecule has 78 valence electrons. The second-order valence-corrected chi connectivity index (χ2v) is 4.79. The monoisotopic (exact) mass is 198 g/mol. The number of esters is 1. The van der Waals surface area contributed by atoms with Crippen LogP contribution in [0.5, 0.6) is 0 Å². The normalized spacial score (nSPS) is 48.9. The van der Waals surface area contributed by atoms with E-state index in [0.717, 1.165) is 6.42 Å². The number of rotatable bonds is 0. The van der Waals surface area contributed by atoms with Crippen molar-refractivity contribution in [2.45, 2.75) is 50.8 Å². The van der Waals surface area contributed by atoms with E-state index in [1.807, 2.05) is 13.8 Å². The molecule has 0 radical (unpaired) electrons. The molecule has 2 saturated heterocycles. The van der Waals surface area contributed by atoms with E-state index in [4.69, 9.17) is 14.2 Å². The van der Waals surface area contributed by atoms with Gasteiger partial charge in [0.2, 0.25) is 0 Å². The van der Waals surface area contributed by atoms with Crippen molar-refractivity contribution in [3.63, 3.8) is 0 Å². The molecule has 0 aromatic heterocycles. The van der Waals surface area contributed by atoms with Crippen molar-refractivity contribution >= 4 is 5.97 Å². The Kier molecular flexibility index (Phi) is 1.55. The first-order chi connectivity index (χ1) is 6.55. The maximum atomic E-state index is 11.2. The van der Waals surface area contributed by atoms with Crippen molar-refractivity contribution in [1.82, 2.24) is 0 Å². The predicted octanol–water partition coefficient (Wildman–Crippen LogP) is 0.842. The van der Waals surface area contributed by atoms with E-state index in [2.05, 4.69) is 0 Å². The van der Waals surface area contributed by atoms with Crippen molar-refractivity contribution in [3.8, 4) is 0 Å². The molecular formula is C10H14O4. The van der Waals surface area contributed by atoms with Crippen LogP contribution >= 0.6 is 0 Å². The topological polar surface area (TPSA) is 44.8 Å². The van der Waals surface area contributed by atoms with Gasteiger partial charge in [0, 0.05) is 5.92 Å². The van der Waals surface area contributed by atoms with E-state index in [1.54, 1.807) is 0 Å². The van der Waals surface area contributed by atoms with Gasteiger partial charge in [0.1, 0.15) is 12.2 Å². The molecule has 0 unspecified atom stereocenters. The Bertz CT molecular complexity index is 262. The maximum absolute atomic E-state index is 11.2. The summed E-state index contributed by atoms with van der Waals surface area (Å²) in [5.41, 5.74) is 0. The molecule has 4 atom stereocenters. The average molecular weight is 198 g/mol. The largest absolute Gasteiger partial charge is 0.459 e. The standard InChI is InChI=1S/C10H14O4/c1-10(2)13-8-5-3-6(9(8)14-10)12-7(11)4-5/h5-6,8-9H,3-4H2,1-2H3/t5-,6-,8-,9+/m0/s1. The summed E-state index contributed by atoms with van der Waals surface area (Å²) in [5.74, 6) is -0.325. The van der Waals surface area contributed by atoms with Crippen molar-refractivity contribution in [2.24, 2.45) is 5.92 Å². The highest BCUT2D eigenvalue weighted by molar-refractivity contribution is 5.71. The van der Waals surface area contributed by atoms with Crippen LogP contribution in [0, 0.1) is 5.92 Å². The molecule has 3 fully saturated rings. The van der Waals surface area contributed by atoms with Crippen LogP contribution in [0.15, 0.2) is 0 Å². The highest BCUT2D eigenvalue weighted by Gasteiger charge is 2.57. The molecule has 1 saturated carbocycles. The zero-order chi connectivity index (χ0) is 9.92. The molecule has 4 heteroatoms. The number of hydrogen-bond donors (Lipinski definition) is 0. The molecule has 1 aliphatic carbocycles. The number of hydrogen-bond acceptors (Lipinski definition) is 4. The van der Waals surface area contributed by atoms with Crippen molar-refractivity contribution in [3.05, 3.63) is 0 Å². The lowest BCUT2D eigenvalue weighted by atomic mass is 10.0. The summed E-state index contributed by atoms with van der Waals surface area (Å²) in [6.45, 7) is 3.81. The summed E-state index contributed by atoms with van der Waals surface area (Å²) in [6.07, 6.45) is 1.32. The molecule has 0 aromatic carbocycles. The fraction of sp³-hybridized carbons (Fsp3) is 0.900. The Morgan fingerprint density at radius 1 is 1.29 bits per heavy atom. The zero-order valence-corrected chi connectivity index (χ0v) is 8.36. The molecule has 2 bridgehead atoms. The van der Waals surface area contributed by atoms with Crippen LogP contribution in [0.4, 0.5) is 0 Å². The first-order valence-electron chi connectivity index (χ1n) is 5.10. The van der Waals surface area contributed by atoms with Gasteiger partial charge in [0.15, 0.2) is 5.79 Å². The van der Waals surface area contributed by atoms with Crippen molar-refractivity contribution in [1.29, 1.82) is 0 Å². The zero-order valence-electron chi connectivity index (χ0n) is 8.36. The lowest BCUT2D eigenvalue weighted by Crippen LogP contribution is -2.33. The van der Waals surface area contributed by atoms with E-state index < -0.39 is 5.79 Å². The van der Waals surface area contributed by atoms with Crippen LogP contribution < -0.4 is 0 Å². The highest BCUT2D eigenvalue weighted by atomic mass is 16.8. The Morgan fingerprint density at radius 3 is 2.79 bits per heavy atom. The molecule has 0 spiro atoms. The van der Waals surface area contributed by atoms with Gasteiger partial charge >= 0.3 is 5.97 Å². The Labute approximate surface area is 82.5 Å².